The van der Waals surface area contributed by atoms with Crippen LogP contribution in [0.1, 0.15) is 11.6 Å². The van der Waals surface area contributed by atoms with Gasteiger partial charge in [0.05, 0.1) is 63.9 Å². The molecule has 208 valence electrons. The van der Waals surface area contributed by atoms with Crippen LogP contribution >= 0.6 is 0 Å². The summed E-state index contributed by atoms with van der Waals surface area (Å²) in [5.74, 6) is 2.45. The first-order valence-electron chi connectivity index (χ1n) is 12.6. The summed E-state index contributed by atoms with van der Waals surface area (Å²) in [6.45, 7) is 9.64. The molecule has 0 saturated heterocycles. The SMILES string of the molecule is CS(=O)(=O)[O-].Cc1n(CCOCCOCCOCCn2c(C)[n+](C)c3ccccc32)c2ccccc2[n+]1C. The van der Waals surface area contributed by atoms with E-state index in [2.05, 4.69) is 94.7 Å². The van der Waals surface area contributed by atoms with Crippen LogP contribution in [0.15, 0.2) is 48.5 Å². The number of para-hydroxylation sites is 4. The minimum Gasteiger partial charge on any atom is -0.748 e. The van der Waals surface area contributed by atoms with Crippen LogP contribution in [0.3, 0.4) is 0 Å². The van der Waals surface area contributed by atoms with Gasteiger partial charge in [0.1, 0.15) is 13.1 Å². The highest BCUT2D eigenvalue weighted by atomic mass is 32.2. The second kappa shape index (κ2) is 13.8. The van der Waals surface area contributed by atoms with Crippen LogP contribution in [0.4, 0.5) is 0 Å². The smallest absolute Gasteiger partial charge is 0.254 e. The van der Waals surface area contributed by atoms with Crippen LogP contribution in [0.25, 0.3) is 22.1 Å². The van der Waals surface area contributed by atoms with E-state index in [0.717, 1.165) is 13.1 Å². The van der Waals surface area contributed by atoms with Gasteiger partial charge in [-0.05, 0) is 24.3 Å². The third-order valence-corrected chi connectivity index (χ3v) is 6.48. The second-order valence-corrected chi connectivity index (χ2v) is 10.4. The average molecular weight is 548 g/mol. The summed E-state index contributed by atoms with van der Waals surface area (Å²) in [5, 5.41) is 0. The molecule has 38 heavy (non-hydrogen) atoms. The normalized spacial score (nSPS) is 11.7. The molecule has 0 unspecified atom stereocenters. The standard InChI is InChI=1S/C26H36N4O3.CH4O3S/c1-21-27(3)23-9-5-7-11-25(23)29(21)13-15-31-17-19-33-20-18-32-16-14-30-22(2)28(4)24-10-6-8-12-26(24)30;1-5(2,3)4/h5-12H,13-20H2,1-4H3;1H3,(H,2,3,4)/q+2;/p-1. The Morgan fingerprint density at radius 2 is 1.00 bits per heavy atom. The molecule has 2 heterocycles. The van der Waals surface area contributed by atoms with E-state index >= 15 is 0 Å². The zero-order chi connectivity index (χ0) is 27.7. The van der Waals surface area contributed by atoms with E-state index in [1.165, 1.54) is 33.7 Å². The van der Waals surface area contributed by atoms with Crippen molar-refractivity contribution < 1.29 is 36.3 Å². The Morgan fingerprint density at radius 3 is 1.37 bits per heavy atom. The van der Waals surface area contributed by atoms with Crippen molar-refractivity contribution in [3.8, 4) is 0 Å². The molecule has 0 atom stereocenters. The van der Waals surface area contributed by atoms with Gasteiger partial charge in [-0.15, -0.1) is 0 Å². The summed E-state index contributed by atoms with van der Waals surface area (Å²) in [5.41, 5.74) is 4.97. The molecule has 4 aromatic rings. The van der Waals surface area contributed by atoms with Crippen molar-refractivity contribution in [3.63, 3.8) is 0 Å². The molecule has 0 spiro atoms. The predicted octanol–water partition coefficient (Wildman–Crippen LogP) is 1.77. The first kappa shape index (κ1) is 29.7. The fraction of sp³-hybridized carbons (Fsp3) is 0.481. The lowest BCUT2D eigenvalue weighted by Crippen LogP contribution is -2.31. The Morgan fingerprint density at radius 1 is 0.684 bits per heavy atom. The number of hydrogen-bond donors (Lipinski definition) is 0. The number of ether oxygens (including phenoxy) is 3. The molecule has 0 amide bonds. The largest absolute Gasteiger partial charge is 0.748 e. The highest BCUT2D eigenvalue weighted by Crippen LogP contribution is 2.14. The molecule has 11 heteroatoms. The number of aromatic nitrogens is 4. The van der Waals surface area contributed by atoms with E-state index in [4.69, 9.17) is 27.2 Å². The Kier molecular flexibility index (Phi) is 10.8. The van der Waals surface area contributed by atoms with Gasteiger partial charge in [-0.3, -0.25) is 0 Å². The number of aryl methyl sites for hydroxylation is 2. The van der Waals surface area contributed by atoms with Gasteiger partial charge in [-0.1, -0.05) is 24.3 Å². The lowest BCUT2D eigenvalue weighted by Gasteiger charge is -2.07. The lowest BCUT2D eigenvalue weighted by atomic mass is 10.3. The van der Waals surface area contributed by atoms with E-state index in [-0.39, 0.29) is 0 Å². The van der Waals surface area contributed by atoms with Gasteiger partial charge in [0.25, 0.3) is 11.6 Å². The van der Waals surface area contributed by atoms with Gasteiger partial charge in [0.15, 0.2) is 22.1 Å². The molecular weight excluding hydrogens is 508 g/mol. The van der Waals surface area contributed by atoms with E-state index in [0.29, 0.717) is 45.9 Å². The first-order valence-corrected chi connectivity index (χ1v) is 14.4. The number of hydrogen-bond acceptors (Lipinski definition) is 6. The number of nitrogens with zero attached hydrogens (tertiary/aromatic N) is 4. The van der Waals surface area contributed by atoms with Crippen molar-refractivity contribution in [1.82, 2.24) is 9.13 Å². The third kappa shape index (κ3) is 8.08. The average Bonchev–Trinajstić information content (AvgIpc) is 3.26. The number of fused-ring (bicyclic) bond motifs is 2. The summed E-state index contributed by atoms with van der Waals surface area (Å²) in [7, 11) is 0.291. The van der Waals surface area contributed by atoms with Gasteiger partial charge in [-0.25, -0.2) is 26.7 Å². The lowest BCUT2D eigenvalue weighted by molar-refractivity contribution is -0.652. The van der Waals surface area contributed by atoms with Crippen molar-refractivity contribution in [2.45, 2.75) is 26.9 Å². The molecule has 0 bridgehead atoms. The quantitative estimate of drug-likeness (QED) is 0.152. The fourth-order valence-corrected chi connectivity index (χ4v) is 4.43. The topological polar surface area (TPSA) is 103 Å². The Labute approximate surface area is 224 Å². The minimum atomic E-state index is -3.92. The van der Waals surface area contributed by atoms with Crippen molar-refractivity contribution in [2.24, 2.45) is 14.1 Å². The Hall–Kier alpha value is -2.83. The van der Waals surface area contributed by atoms with Gasteiger partial charge < -0.3 is 18.8 Å². The van der Waals surface area contributed by atoms with Gasteiger partial charge >= 0.3 is 0 Å². The van der Waals surface area contributed by atoms with Crippen LogP contribution in [0.5, 0.6) is 0 Å². The molecule has 0 aliphatic rings. The molecule has 0 N–H and O–H groups in total. The van der Waals surface area contributed by atoms with E-state index in [9.17, 15) is 0 Å². The molecule has 0 saturated carbocycles. The number of rotatable bonds is 12. The van der Waals surface area contributed by atoms with Gasteiger partial charge in [0, 0.05) is 20.1 Å². The van der Waals surface area contributed by atoms with E-state index in [1.54, 1.807) is 0 Å². The maximum absolute atomic E-state index is 9.08. The van der Waals surface area contributed by atoms with Gasteiger partial charge in [-0.2, -0.15) is 0 Å². The summed E-state index contributed by atoms with van der Waals surface area (Å²) in [6.07, 6.45) is 0.604. The first-order chi connectivity index (χ1) is 18.1. The second-order valence-electron chi connectivity index (χ2n) is 9.03. The fourth-order valence-electron chi connectivity index (χ4n) is 4.43. The summed E-state index contributed by atoms with van der Waals surface area (Å²) < 4.78 is 53.5. The van der Waals surface area contributed by atoms with Crippen LogP contribution in [0, 0.1) is 13.8 Å². The maximum atomic E-state index is 9.08. The van der Waals surface area contributed by atoms with Crippen LogP contribution < -0.4 is 9.13 Å². The molecule has 0 radical (unpaired) electrons. The Bertz CT molecular complexity index is 1340. The molecule has 4 rings (SSSR count). The maximum Gasteiger partial charge on any atom is 0.254 e. The molecule has 0 aliphatic heterocycles. The van der Waals surface area contributed by atoms with Crippen LogP contribution in [-0.4, -0.2) is 68.0 Å². The van der Waals surface area contributed by atoms with Crippen molar-refractivity contribution in [2.75, 3.05) is 45.9 Å². The predicted molar refractivity (Wildman–Crippen MR) is 144 cm³/mol. The van der Waals surface area contributed by atoms with Crippen molar-refractivity contribution in [3.05, 3.63) is 60.2 Å². The highest BCUT2D eigenvalue weighted by molar-refractivity contribution is 7.84. The Balaban J connectivity index is 0.000000732. The zero-order valence-electron chi connectivity index (χ0n) is 22.9. The summed E-state index contributed by atoms with van der Waals surface area (Å²) >= 11 is 0. The monoisotopic (exact) mass is 547 g/mol. The molecule has 2 aromatic heterocycles. The van der Waals surface area contributed by atoms with Crippen LogP contribution in [-0.2, 0) is 51.5 Å². The van der Waals surface area contributed by atoms with Crippen molar-refractivity contribution >= 4 is 32.2 Å². The van der Waals surface area contributed by atoms with Crippen LogP contribution in [0.2, 0.25) is 0 Å². The van der Waals surface area contributed by atoms with E-state index < -0.39 is 10.1 Å². The van der Waals surface area contributed by atoms with Crippen molar-refractivity contribution in [1.29, 1.82) is 0 Å². The molecule has 0 fully saturated rings. The molecule has 10 nitrogen and oxygen atoms in total. The number of imidazole rings is 2. The zero-order valence-corrected chi connectivity index (χ0v) is 23.7. The third-order valence-electron chi connectivity index (χ3n) is 6.48. The van der Waals surface area contributed by atoms with Gasteiger partial charge in [0.2, 0.25) is 0 Å². The summed E-state index contributed by atoms with van der Waals surface area (Å²) in [4.78, 5) is 0. The molecular formula is C27H39N4O6S+. The molecule has 0 aliphatic carbocycles. The minimum absolute atomic E-state index is 0.583. The summed E-state index contributed by atoms with van der Waals surface area (Å²) in [6, 6.07) is 16.9. The highest BCUT2D eigenvalue weighted by Gasteiger charge is 2.19. The number of benzene rings is 2. The van der Waals surface area contributed by atoms with E-state index in [1.807, 2.05) is 0 Å². The molecule has 2 aromatic carbocycles.